The van der Waals surface area contributed by atoms with E-state index < -0.39 is 40.7 Å². The summed E-state index contributed by atoms with van der Waals surface area (Å²) in [6, 6.07) is 23.7. The van der Waals surface area contributed by atoms with Crippen molar-refractivity contribution >= 4 is 21.8 Å². The number of sulfonamides is 1. The van der Waals surface area contributed by atoms with E-state index in [1.54, 1.807) is 0 Å². The van der Waals surface area contributed by atoms with Gasteiger partial charge in [0.1, 0.15) is 18.0 Å². The number of amides is 1. The second kappa shape index (κ2) is 14.6. The summed E-state index contributed by atoms with van der Waals surface area (Å²) < 4.78 is 52.0. The fraction of sp³-hybridized carbons (Fsp3) is 0.424. The van der Waals surface area contributed by atoms with Crippen molar-refractivity contribution in [3.8, 4) is 5.75 Å². The number of nitrogen functional groups attached to an aromatic ring is 1. The Morgan fingerprint density at radius 1 is 0.956 bits per heavy atom. The molecule has 5 rings (SSSR count). The van der Waals surface area contributed by atoms with Gasteiger partial charge in [0.25, 0.3) is 0 Å². The van der Waals surface area contributed by atoms with Crippen molar-refractivity contribution in [3.63, 3.8) is 0 Å². The van der Waals surface area contributed by atoms with E-state index >= 15 is 0 Å². The average molecular weight is 640 g/mol. The highest BCUT2D eigenvalue weighted by Crippen LogP contribution is 2.36. The normalized spacial score (nSPS) is 22.6. The molecule has 3 aromatic carbocycles. The molecule has 0 radical (unpaired) electrons. The number of aliphatic hydroxyl groups is 1. The molecule has 242 valence electrons. The van der Waals surface area contributed by atoms with E-state index in [2.05, 4.69) is 5.32 Å². The molecule has 0 spiro atoms. The third kappa shape index (κ3) is 8.33. The van der Waals surface area contributed by atoms with E-state index in [9.17, 15) is 18.3 Å². The molecule has 4 N–H and O–H groups in total. The van der Waals surface area contributed by atoms with Gasteiger partial charge >= 0.3 is 6.09 Å². The molecular weight excluding hydrogens is 598 g/mol. The summed E-state index contributed by atoms with van der Waals surface area (Å²) in [5, 5.41) is 14.3. The van der Waals surface area contributed by atoms with Crippen LogP contribution in [0.1, 0.15) is 19.4 Å². The summed E-state index contributed by atoms with van der Waals surface area (Å²) in [6.45, 7) is 4.12. The molecule has 2 saturated heterocycles. The van der Waals surface area contributed by atoms with Crippen LogP contribution < -0.4 is 15.8 Å². The van der Waals surface area contributed by atoms with Crippen LogP contribution in [-0.2, 0) is 30.7 Å². The monoisotopic (exact) mass is 639 g/mol. The number of anilines is 1. The van der Waals surface area contributed by atoms with E-state index in [1.807, 2.05) is 74.5 Å². The number of hydrogen-bond donors (Lipinski definition) is 3. The fourth-order valence-electron chi connectivity index (χ4n) is 5.64. The van der Waals surface area contributed by atoms with Gasteiger partial charge in [-0.15, -0.1) is 0 Å². The number of nitrogens with one attached hydrogen (secondary N) is 1. The number of nitrogens with zero attached hydrogens (tertiary/aromatic N) is 1. The number of para-hydroxylation sites is 1. The maximum atomic E-state index is 13.6. The van der Waals surface area contributed by atoms with Crippen LogP contribution in [-0.4, -0.2) is 80.9 Å². The molecule has 0 bridgehead atoms. The summed E-state index contributed by atoms with van der Waals surface area (Å²) in [5.41, 5.74) is 7.06. The highest BCUT2D eigenvalue weighted by Gasteiger charge is 2.51. The molecule has 2 fully saturated rings. The molecule has 12 heteroatoms. The lowest BCUT2D eigenvalue weighted by Gasteiger charge is -2.31. The molecule has 3 aromatic rings. The lowest BCUT2D eigenvalue weighted by Crippen LogP contribution is -2.52. The van der Waals surface area contributed by atoms with Gasteiger partial charge in [-0.3, -0.25) is 0 Å². The zero-order valence-electron chi connectivity index (χ0n) is 25.4. The quantitative estimate of drug-likeness (QED) is 0.239. The number of aliphatic hydroxyl groups excluding tert-OH is 1. The number of ether oxygens (including phenoxy) is 4. The van der Waals surface area contributed by atoms with Crippen LogP contribution in [0.3, 0.4) is 0 Å². The van der Waals surface area contributed by atoms with Gasteiger partial charge < -0.3 is 35.1 Å². The number of nitrogens with two attached hydrogens (primary N) is 1. The van der Waals surface area contributed by atoms with Crippen molar-refractivity contribution in [2.24, 2.45) is 11.8 Å². The Labute approximate surface area is 264 Å². The minimum atomic E-state index is -3.97. The van der Waals surface area contributed by atoms with E-state index in [0.717, 1.165) is 5.56 Å². The fourth-order valence-corrected chi connectivity index (χ4v) is 7.26. The SMILES string of the molecule is CC(C)CN(C[C@@H](O)[C@H](Cc1ccccc1)NC(=O)O[C@H]1CO[C@H]2OC[C@H](Oc3ccccc3)[C@H]21)S(=O)(=O)c1ccc(N)cc1. The van der Waals surface area contributed by atoms with Gasteiger partial charge in [-0.1, -0.05) is 62.4 Å². The second-order valence-electron chi connectivity index (χ2n) is 11.8. The molecule has 1 amide bonds. The first-order valence-corrected chi connectivity index (χ1v) is 16.5. The molecule has 0 unspecified atom stereocenters. The standard InChI is InChI=1S/C33H41N3O8S/c1-22(2)18-36(45(39,40)26-15-13-24(34)14-16-26)19-28(37)27(17-23-9-5-3-6-10-23)35-33(38)44-30-21-42-32-31(30)29(20-41-32)43-25-11-7-4-8-12-25/h3-16,22,27-32,37H,17-21,34H2,1-2H3,(H,35,38)/t27-,28+,29-,30-,31-,32+/m0/s1. The molecule has 0 saturated carbocycles. The van der Waals surface area contributed by atoms with Crippen molar-refractivity contribution in [1.29, 1.82) is 0 Å². The van der Waals surface area contributed by atoms with E-state index in [1.165, 1.54) is 28.6 Å². The summed E-state index contributed by atoms with van der Waals surface area (Å²) >= 11 is 0. The van der Waals surface area contributed by atoms with E-state index in [0.29, 0.717) is 11.4 Å². The van der Waals surface area contributed by atoms with Gasteiger partial charge in [0.15, 0.2) is 6.29 Å². The molecular formula is C33H41N3O8S. The molecule has 2 aliphatic rings. The maximum absolute atomic E-state index is 13.6. The Balaban J connectivity index is 1.30. The Morgan fingerprint density at radius 2 is 1.58 bits per heavy atom. The van der Waals surface area contributed by atoms with Crippen LogP contribution in [0.4, 0.5) is 10.5 Å². The van der Waals surface area contributed by atoms with Gasteiger partial charge in [0.2, 0.25) is 10.0 Å². The number of carbonyl (C=O) groups is 1. The van der Waals surface area contributed by atoms with Crippen molar-refractivity contribution in [1.82, 2.24) is 9.62 Å². The zero-order chi connectivity index (χ0) is 32.0. The van der Waals surface area contributed by atoms with Crippen LogP contribution in [0.15, 0.2) is 89.8 Å². The Bertz CT molecular complexity index is 1490. The van der Waals surface area contributed by atoms with Gasteiger partial charge in [-0.25, -0.2) is 13.2 Å². The van der Waals surface area contributed by atoms with Crippen LogP contribution in [0.25, 0.3) is 0 Å². The summed E-state index contributed by atoms with van der Waals surface area (Å²) in [7, 11) is -3.97. The molecule has 11 nitrogen and oxygen atoms in total. The minimum Gasteiger partial charge on any atom is -0.487 e. The van der Waals surface area contributed by atoms with Crippen LogP contribution in [0, 0.1) is 11.8 Å². The second-order valence-corrected chi connectivity index (χ2v) is 13.8. The number of rotatable bonds is 13. The van der Waals surface area contributed by atoms with Gasteiger partial charge in [-0.2, -0.15) is 4.31 Å². The van der Waals surface area contributed by atoms with Crippen molar-refractivity contribution in [2.45, 2.75) is 55.8 Å². The Hall–Kier alpha value is -3.68. The number of hydrogen-bond acceptors (Lipinski definition) is 9. The first kappa shape index (κ1) is 32.7. The predicted molar refractivity (Wildman–Crippen MR) is 168 cm³/mol. The molecule has 2 aliphatic heterocycles. The topological polar surface area (TPSA) is 150 Å². The van der Waals surface area contributed by atoms with Crippen molar-refractivity contribution in [3.05, 3.63) is 90.5 Å². The number of carbonyl (C=O) groups excluding carboxylic acids is 1. The zero-order valence-corrected chi connectivity index (χ0v) is 26.2. The summed E-state index contributed by atoms with van der Waals surface area (Å²) in [5.74, 6) is 0.300. The number of alkyl carbamates (subject to hydrolysis) is 1. The number of benzene rings is 3. The largest absolute Gasteiger partial charge is 0.487 e. The molecule has 0 aromatic heterocycles. The van der Waals surface area contributed by atoms with Crippen LogP contribution >= 0.6 is 0 Å². The highest BCUT2D eigenvalue weighted by molar-refractivity contribution is 7.89. The highest BCUT2D eigenvalue weighted by atomic mass is 32.2. The summed E-state index contributed by atoms with van der Waals surface area (Å²) in [4.78, 5) is 13.4. The minimum absolute atomic E-state index is 0.0266. The maximum Gasteiger partial charge on any atom is 0.407 e. The predicted octanol–water partition coefficient (Wildman–Crippen LogP) is 3.43. The lowest BCUT2D eigenvalue weighted by atomic mass is 10.00. The van der Waals surface area contributed by atoms with Gasteiger partial charge in [0.05, 0.1) is 36.2 Å². The summed E-state index contributed by atoms with van der Waals surface area (Å²) in [6.07, 6.45) is -3.38. The average Bonchev–Trinajstić information content (AvgIpc) is 3.60. The third-order valence-corrected chi connectivity index (χ3v) is 9.70. The first-order chi connectivity index (χ1) is 21.6. The Morgan fingerprint density at radius 3 is 2.22 bits per heavy atom. The smallest absolute Gasteiger partial charge is 0.407 e. The van der Waals surface area contributed by atoms with Crippen LogP contribution in [0.2, 0.25) is 0 Å². The van der Waals surface area contributed by atoms with Gasteiger partial charge in [-0.05, 0) is 54.3 Å². The van der Waals surface area contributed by atoms with Crippen molar-refractivity contribution < 1.29 is 37.3 Å². The molecule has 45 heavy (non-hydrogen) atoms. The lowest BCUT2D eigenvalue weighted by molar-refractivity contribution is -0.0910. The van der Waals surface area contributed by atoms with E-state index in [-0.39, 0.29) is 55.6 Å². The molecule has 0 aliphatic carbocycles. The van der Waals surface area contributed by atoms with Crippen LogP contribution in [0.5, 0.6) is 5.75 Å². The van der Waals surface area contributed by atoms with E-state index in [4.69, 9.17) is 24.7 Å². The number of fused-ring (bicyclic) bond motifs is 1. The Kier molecular flexibility index (Phi) is 10.6. The molecule has 2 heterocycles. The first-order valence-electron chi connectivity index (χ1n) is 15.1. The third-order valence-electron chi connectivity index (χ3n) is 7.85. The van der Waals surface area contributed by atoms with Crippen molar-refractivity contribution in [2.75, 3.05) is 32.0 Å². The molecule has 6 atom stereocenters. The van der Waals surface area contributed by atoms with Gasteiger partial charge in [0, 0.05) is 18.8 Å².